The van der Waals surface area contributed by atoms with Gasteiger partial charge in [-0.15, -0.1) is 0 Å². The predicted octanol–water partition coefficient (Wildman–Crippen LogP) is 1.92. The first-order valence-corrected chi connectivity index (χ1v) is 13.8. The van der Waals surface area contributed by atoms with Gasteiger partial charge in [0, 0.05) is 32.6 Å². The van der Waals surface area contributed by atoms with Crippen molar-refractivity contribution >= 4 is 22.0 Å². The Balaban J connectivity index is 1.10. The highest BCUT2D eigenvalue weighted by Gasteiger charge is 2.52. The minimum absolute atomic E-state index is 0.176. The van der Waals surface area contributed by atoms with Gasteiger partial charge in [0.1, 0.15) is 5.54 Å². The van der Waals surface area contributed by atoms with Crippen LogP contribution in [0, 0.1) is 0 Å². The molecule has 2 aliphatic heterocycles. The topological polar surface area (TPSA) is 90.0 Å². The SMILES string of the molecule is O=C1NC2(CCc3ccccc3C2)C(=O)N1CN1CCN(S(=O)(=O)c2ccc3c(c2)CCC3)CC1. The first kappa shape index (κ1) is 22.7. The van der Waals surface area contributed by atoms with Crippen LogP contribution in [0.25, 0.3) is 0 Å². The third kappa shape index (κ3) is 3.86. The van der Waals surface area contributed by atoms with Gasteiger partial charge in [-0.1, -0.05) is 30.3 Å². The Morgan fingerprint density at radius 3 is 2.37 bits per heavy atom. The van der Waals surface area contributed by atoms with E-state index < -0.39 is 15.6 Å². The lowest BCUT2D eigenvalue weighted by Crippen LogP contribution is -2.54. The summed E-state index contributed by atoms with van der Waals surface area (Å²) >= 11 is 0. The number of aryl methyl sites for hydroxylation is 3. The minimum atomic E-state index is -3.56. The zero-order valence-corrected chi connectivity index (χ0v) is 20.5. The molecule has 0 aromatic heterocycles. The average molecular weight is 495 g/mol. The number of sulfonamides is 1. The largest absolute Gasteiger partial charge is 0.326 e. The Hall–Kier alpha value is -2.75. The van der Waals surface area contributed by atoms with E-state index in [4.69, 9.17) is 0 Å². The Bertz CT molecular complexity index is 1300. The third-order valence-electron chi connectivity index (χ3n) is 8.06. The first-order valence-electron chi connectivity index (χ1n) is 12.4. The molecular formula is C26H30N4O4S. The van der Waals surface area contributed by atoms with Gasteiger partial charge >= 0.3 is 6.03 Å². The average Bonchev–Trinajstić information content (AvgIpc) is 3.42. The molecule has 1 atom stereocenters. The number of benzene rings is 2. The van der Waals surface area contributed by atoms with Crippen LogP contribution in [0.2, 0.25) is 0 Å². The lowest BCUT2D eigenvalue weighted by molar-refractivity contribution is -0.133. The maximum absolute atomic E-state index is 13.4. The zero-order chi connectivity index (χ0) is 24.2. The predicted molar refractivity (Wildman–Crippen MR) is 130 cm³/mol. The van der Waals surface area contributed by atoms with Crippen molar-refractivity contribution in [3.8, 4) is 0 Å². The highest BCUT2D eigenvalue weighted by molar-refractivity contribution is 7.89. The lowest BCUT2D eigenvalue weighted by atomic mass is 9.78. The smallest absolute Gasteiger partial charge is 0.323 e. The second-order valence-electron chi connectivity index (χ2n) is 10.1. The fourth-order valence-corrected chi connectivity index (χ4v) is 7.47. The van der Waals surface area contributed by atoms with Crippen LogP contribution in [0.3, 0.4) is 0 Å². The van der Waals surface area contributed by atoms with Gasteiger partial charge in [-0.25, -0.2) is 18.1 Å². The molecule has 9 heteroatoms. The van der Waals surface area contributed by atoms with Crippen LogP contribution in [0.15, 0.2) is 47.4 Å². The number of rotatable bonds is 4. The van der Waals surface area contributed by atoms with Gasteiger partial charge in [0.2, 0.25) is 10.0 Å². The van der Waals surface area contributed by atoms with E-state index >= 15 is 0 Å². The molecule has 1 N–H and O–H groups in total. The molecule has 3 amide bonds. The van der Waals surface area contributed by atoms with Gasteiger partial charge in [0.05, 0.1) is 11.6 Å². The van der Waals surface area contributed by atoms with Crippen LogP contribution in [0.1, 0.15) is 35.1 Å². The summed E-state index contributed by atoms with van der Waals surface area (Å²) in [6.07, 6.45) is 4.90. The third-order valence-corrected chi connectivity index (χ3v) is 9.95. The standard InChI is InChI=1S/C26H30N4O4S/c31-24-26(11-10-20-4-1-2-5-22(20)17-26)27-25(32)30(24)18-28-12-14-29(15-13-28)35(33,34)23-9-8-19-6-3-7-21(19)16-23/h1-2,4-5,8-9,16H,3,6-7,10-15,17-18H2,(H,27,32). The minimum Gasteiger partial charge on any atom is -0.323 e. The molecule has 184 valence electrons. The van der Waals surface area contributed by atoms with Crippen molar-refractivity contribution in [3.63, 3.8) is 0 Å². The molecule has 8 nitrogen and oxygen atoms in total. The van der Waals surface area contributed by atoms with E-state index in [1.54, 1.807) is 6.07 Å². The van der Waals surface area contributed by atoms with Crippen LogP contribution in [0.5, 0.6) is 0 Å². The number of hydrogen-bond donors (Lipinski definition) is 1. The molecule has 4 aliphatic rings. The number of carbonyl (C=O) groups is 2. The van der Waals surface area contributed by atoms with Crippen LogP contribution < -0.4 is 5.32 Å². The number of nitrogens with one attached hydrogen (secondary N) is 1. The van der Waals surface area contributed by atoms with Crippen LogP contribution in [-0.4, -0.2) is 72.8 Å². The van der Waals surface area contributed by atoms with E-state index in [9.17, 15) is 18.0 Å². The molecule has 2 aromatic carbocycles. The summed E-state index contributed by atoms with van der Waals surface area (Å²) in [7, 11) is -3.56. The molecule has 2 heterocycles. The van der Waals surface area contributed by atoms with Gasteiger partial charge in [-0.05, 0) is 66.5 Å². The van der Waals surface area contributed by atoms with E-state index in [0.717, 1.165) is 36.8 Å². The van der Waals surface area contributed by atoms with Crippen molar-refractivity contribution < 1.29 is 18.0 Å². The quantitative estimate of drug-likeness (QED) is 0.656. The fourth-order valence-electron chi connectivity index (χ4n) is 6.00. The molecule has 1 spiro atoms. The number of piperazine rings is 1. The van der Waals surface area contributed by atoms with Crippen molar-refractivity contribution in [1.29, 1.82) is 0 Å². The monoisotopic (exact) mass is 494 g/mol. The summed E-state index contributed by atoms with van der Waals surface area (Å²) in [5.41, 5.74) is 3.87. The van der Waals surface area contributed by atoms with E-state index in [1.165, 1.54) is 20.3 Å². The summed E-state index contributed by atoms with van der Waals surface area (Å²) in [4.78, 5) is 29.8. The summed E-state index contributed by atoms with van der Waals surface area (Å²) in [6.45, 7) is 1.79. The number of hydrogen-bond acceptors (Lipinski definition) is 5. The molecule has 0 radical (unpaired) electrons. The van der Waals surface area contributed by atoms with E-state index in [0.29, 0.717) is 43.9 Å². The van der Waals surface area contributed by atoms with Crippen molar-refractivity contribution in [2.24, 2.45) is 0 Å². The second kappa shape index (κ2) is 8.43. The van der Waals surface area contributed by atoms with Crippen molar-refractivity contribution in [2.45, 2.75) is 49.0 Å². The van der Waals surface area contributed by atoms with Gasteiger partial charge < -0.3 is 5.32 Å². The number of nitrogens with zero attached hydrogens (tertiary/aromatic N) is 3. The molecule has 1 unspecified atom stereocenters. The Labute approximate surface area is 205 Å². The zero-order valence-electron chi connectivity index (χ0n) is 19.7. The summed E-state index contributed by atoms with van der Waals surface area (Å²) in [5, 5.41) is 2.98. The van der Waals surface area contributed by atoms with E-state index in [-0.39, 0.29) is 18.6 Å². The normalized spacial score (nSPS) is 25.1. The Morgan fingerprint density at radius 1 is 0.857 bits per heavy atom. The molecule has 0 saturated carbocycles. The van der Waals surface area contributed by atoms with Gasteiger partial charge in [0.25, 0.3) is 5.91 Å². The Kier molecular flexibility index (Phi) is 5.47. The number of fused-ring (bicyclic) bond motifs is 2. The summed E-state index contributed by atoms with van der Waals surface area (Å²) in [5.74, 6) is -0.176. The highest BCUT2D eigenvalue weighted by Crippen LogP contribution is 2.34. The van der Waals surface area contributed by atoms with Crippen molar-refractivity contribution in [2.75, 3.05) is 32.8 Å². The molecule has 2 fully saturated rings. The number of amides is 3. The molecule has 6 rings (SSSR count). The molecule has 2 aromatic rings. The van der Waals surface area contributed by atoms with Crippen LogP contribution in [-0.2, 0) is 40.5 Å². The maximum Gasteiger partial charge on any atom is 0.326 e. The van der Waals surface area contributed by atoms with Crippen LogP contribution >= 0.6 is 0 Å². The van der Waals surface area contributed by atoms with E-state index in [2.05, 4.69) is 11.4 Å². The number of imide groups is 1. The van der Waals surface area contributed by atoms with Crippen molar-refractivity contribution in [1.82, 2.24) is 19.4 Å². The highest BCUT2D eigenvalue weighted by atomic mass is 32.2. The molecular weight excluding hydrogens is 464 g/mol. The summed E-state index contributed by atoms with van der Waals surface area (Å²) < 4.78 is 28.0. The first-order chi connectivity index (χ1) is 16.9. The fraction of sp³-hybridized carbons (Fsp3) is 0.462. The second-order valence-corrected chi connectivity index (χ2v) is 12.1. The van der Waals surface area contributed by atoms with Crippen LogP contribution in [0.4, 0.5) is 4.79 Å². The van der Waals surface area contributed by atoms with E-state index in [1.807, 2.05) is 35.2 Å². The molecule has 35 heavy (non-hydrogen) atoms. The summed E-state index contributed by atoms with van der Waals surface area (Å²) in [6, 6.07) is 13.2. The maximum atomic E-state index is 13.4. The van der Waals surface area contributed by atoms with Gasteiger partial charge in [-0.3, -0.25) is 9.69 Å². The number of carbonyl (C=O) groups excluding carboxylic acids is 2. The van der Waals surface area contributed by atoms with Gasteiger partial charge in [-0.2, -0.15) is 4.31 Å². The lowest BCUT2D eigenvalue weighted by Gasteiger charge is -2.36. The number of urea groups is 1. The Morgan fingerprint density at radius 2 is 1.57 bits per heavy atom. The van der Waals surface area contributed by atoms with Gasteiger partial charge in [0.15, 0.2) is 0 Å². The molecule has 2 saturated heterocycles. The molecule has 0 bridgehead atoms. The van der Waals surface area contributed by atoms with Crippen molar-refractivity contribution in [3.05, 3.63) is 64.7 Å². The molecule has 2 aliphatic carbocycles.